The number of aliphatic hydroxyl groups excluding tert-OH is 1. The number of fused-ring (bicyclic) bond motifs is 3. The van der Waals surface area contributed by atoms with Crippen molar-refractivity contribution in [1.29, 1.82) is 0 Å². The van der Waals surface area contributed by atoms with Crippen molar-refractivity contribution >= 4 is 16.0 Å². The van der Waals surface area contributed by atoms with Gasteiger partial charge in [-0.15, -0.1) is 0 Å². The topological polar surface area (TPSA) is 122 Å². The van der Waals surface area contributed by atoms with Crippen molar-refractivity contribution in [2.45, 2.75) is 29.4 Å². The van der Waals surface area contributed by atoms with Gasteiger partial charge in [0.05, 0.1) is 11.0 Å². The summed E-state index contributed by atoms with van der Waals surface area (Å²) in [6, 6.07) is 13.3. The van der Waals surface area contributed by atoms with Gasteiger partial charge in [-0.3, -0.25) is 0 Å². The molecule has 1 aliphatic heterocycles. The van der Waals surface area contributed by atoms with Gasteiger partial charge >= 0.3 is 5.97 Å². The third-order valence-corrected chi connectivity index (χ3v) is 6.82. The minimum absolute atomic E-state index is 0.0581. The summed E-state index contributed by atoms with van der Waals surface area (Å²) >= 11 is 0. The van der Waals surface area contributed by atoms with E-state index >= 15 is 0 Å². The van der Waals surface area contributed by atoms with Gasteiger partial charge in [0.2, 0.25) is 10.0 Å². The van der Waals surface area contributed by atoms with E-state index in [1.165, 1.54) is 12.1 Å². The molecule has 2 aromatic carbocycles. The third-order valence-electron chi connectivity index (χ3n) is 5.38. The van der Waals surface area contributed by atoms with Crippen LogP contribution in [0.1, 0.15) is 17.9 Å². The summed E-state index contributed by atoms with van der Waals surface area (Å²) in [5, 5.41) is 19.3. The molecule has 0 saturated heterocycles. The molecule has 1 aliphatic carbocycles. The average molecular weight is 419 g/mol. The predicted octanol–water partition coefficient (Wildman–Crippen LogP) is 1.35. The van der Waals surface area contributed by atoms with Gasteiger partial charge in [0.1, 0.15) is 6.10 Å². The summed E-state index contributed by atoms with van der Waals surface area (Å²) in [6.07, 6.45) is -0.684. The minimum Gasteiger partial charge on any atom is -0.485 e. The number of sulfonamides is 1. The van der Waals surface area contributed by atoms with E-state index in [0.29, 0.717) is 17.9 Å². The zero-order chi connectivity index (χ0) is 20.6. The van der Waals surface area contributed by atoms with Gasteiger partial charge < -0.3 is 19.7 Å². The number of carboxylic acid groups (broad SMARTS) is 1. The van der Waals surface area contributed by atoms with Gasteiger partial charge in [-0.25, -0.2) is 17.9 Å². The first kappa shape index (κ1) is 19.7. The van der Waals surface area contributed by atoms with E-state index in [-0.39, 0.29) is 29.4 Å². The molecule has 8 nitrogen and oxygen atoms in total. The van der Waals surface area contributed by atoms with Gasteiger partial charge in [0, 0.05) is 30.4 Å². The summed E-state index contributed by atoms with van der Waals surface area (Å²) in [5.41, 5.74) is 0.790. The molecule has 154 valence electrons. The van der Waals surface area contributed by atoms with Crippen molar-refractivity contribution in [3.05, 3.63) is 54.1 Å². The largest absolute Gasteiger partial charge is 0.485 e. The number of para-hydroxylation sites is 1. The lowest BCUT2D eigenvalue weighted by molar-refractivity contribution is -0.139. The number of ether oxygens (including phenoxy) is 2. The monoisotopic (exact) mass is 419 g/mol. The first-order valence-corrected chi connectivity index (χ1v) is 10.7. The van der Waals surface area contributed by atoms with Crippen LogP contribution in [0.3, 0.4) is 0 Å². The highest BCUT2D eigenvalue weighted by Crippen LogP contribution is 2.53. The van der Waals surface area contributed by atoms with Crippen LogP contribution >= 0.6 is 0 Å². The molecule has 4 rings (SSSR count). The summed E-state index contributed by atoms with van der Waals surface area (Å²) < 4.78 is 38.9. The van der Waals surface area contributed by atoms with Crippen LogP contribution in [0.25, 0.3) is 0 Å². The Balaban J connectivity index is 1.54. The van der Waals surface area contributed by atoms with Crippen LogP contribution in [0.4, 0.5) is 0 Å². The lowest BCUT2D eigenvalue weighted by Gasteiger charge is -2.21. The van der Waals surface area contributed by atoms with E-state index in [2.05, 4.69) is 4.72 Å². The summed E-state index contributed by atoms with van der Waals surface area (Å²) in [5.74, 6) is -0.894. The maximum atomic E-state index is 12.5. The van der Waals surface area contributed by atoms with Gasteiger partial charge in [-0.2, -0.15) is 0 Å². The molecule has 1 saturated carbocycles. The predicted molar refractivity (Wildman–Crippen MR) is 102 cm³/mol. The molecule has 1 fully saturated rings. The Bertz CT molecular complexity index is 1010. The second kappa shape index (κ2) is 7.66. The summed E-state index contributed by atoms with van der Waals surface area (Å²) in [6.45, 7) is -0.430. The normalized spacial score (nSPS) is 25.1. The number of aliphatic carboxylic acids is 1. The van der Waals surface area contributed by atoms with Crippen molar-refractivity contribution in [3.63, 3.8) is 0 Å². The molecule has 2 aliphatic rings. The van der Waals surface area contributed by atoms with Gasteiger partial charge in [0.15, 0.2) is 18.1 Å². The molecule has 0 bridgehead atoms. The summed E-state index contributed by atoms with van der Waals surface area (Å²) in [4.78, 5) is 11.0. The third kappa shape index (κ3) is 3.81. The van der Waals surface area contributed by atoms with Crippen LogP contribution in [0.15, 0.2) is 53.4 Å². The maximum Gasteiger partial charge on any atom is 0.341 e. The highest BCUT2D eigenvalue weighted by Gasteiger charge is 2.50. The quantitative estimate of drug-likeness (QED) is 0.619. The lowest BCUT2D eigenvalue weighted by Crippen LogP contribution is -2.34. The van der Waals surface area contributed by atoms with Gasteiger partial charge in [0.25, 0.3) is 0 Å². The first-order chi connectivity index (χ1) is 13.9. The molecule has 9 heteroatoms. The average Bonchev–Trinajstić information content (AvgIpc) is 3.20. The Hall–Kier alpha value is -2.62. The molecule has 0 aromatic heterocycles. The molecule has 0 spiro atoms. The lowest BCUT2D eigenvalue weighted by atomic mass is 9.88. The van der Waals surface area contributed by atoms with Crippen molar-refractivity contribution in [1.82, 2.24) is 4.72 Å². The molecule has 0 amide bonds. The molecule has 2 aromatic rings. The SMILES string of the molecule is O=C(O)COc1cccc2c1OC1CC(O)C(CNS(=O)(=O)c3ccccc3)C21. The van der Waals surface area contributed by atoms with E-state index < -0.39 is 28.7 Å². The molecular weight excluding hydrogens is 398 g/mol. The van der Waals surface area contributed by atoms with Crippen LogP contribution in [0.5, 0.6) is 11.5 Å². The molecule has 1 heterocycles. The molecule has 4 atom stereocenters. The number of benzene rings is 2. The number of carbonyl (C=O) groups is 1. The number of carboxylic acids is 1. The fourth-order valence-corrected chi connectivity index (χ4v) is 5.20. The summed E-state index contributed by atoms with van der Waals surface area (Å²) in [7, 11) is -3.70. The maximum absolute atomic E-state index is 12.5. The van der Waals surface area contributed by atoms with Crippen molar-refractivity contribution < 1.29 is 32.9 Å². The minimum atomic E-state index is -3.70. The highest BCUT2D eigenvalue weighted by atomic mass is 32.2. The molecule has 0 radical (unpaired) electrons. The molecule has 4 unspecified atom stereocenters. The van der Waals surface area contributed by atoms with Crippen LogP contribution in [-0.4, -0.2) is 50.0 Å². The Morgan fingerprint density at radius 1 is 1.17 bits per heavy atom. The molecule has 3 N–H and O–H groups in total. The Labute approximate surface area is 168 Å². The number of hydrogen-bond donors (Lipinski definition) is 3. The molecule has 29 heavy (non-hydrogen) atoms. The van der Waals surface area contributed by atoms with E-state index in [9.17, 15) is 18.3 Å². The number of nitrogens with one attached hydrogen (secondary N) is 1. The number of rotatable bonds is 7. The van der Waals surface area contributed by atoms with E-state index in [1.807, 2.05) is 6.07 Å². The second-order valence-corrected chi connectivity index (χ2v) is 8.94. The zero-order valence-electron chi connectivity index (χ0n) is 15.4. The Kier molecular flexibility index (Phi) is 5.20. The Morgan fingerprint density at radius 3 is 2.66 bits per heavy atom. The van der Waals surface area contributed by atoms with Crippen molar-refractivity contribution in [2.75, 3.05) is 13.2 Å². The highest BCUT2D eigenvalue weighted by molar-refractivity contribution is 7.89. The van der Waals surface area contributed by atoms with Gasteiger partial charge in [-0.1, -0.05) is 30.3 Å². The Morgan fingerprint density at radius 2 is 1.93 bits per heavy atom. The number of aliphatic hydroxyl groups is 1. The number of hydrogen-bond acceptors (Lipinski definition) is 6. The molecular formula is C20H21NO7S. The first-order valence-electron chi connectivity index (χ1n) is 9.24. The zero-order valence-corrected chi connectivity index (χ0v) is 16.2. The van der Waals surface area contributed by atoms with E-state index in [1.54, 1.807) is 30.3 Å². The van der Waals surface area contributed by atoms with Crippen LogP contribution < -0.4 is 14.2 Å². The smallest absolute Gasteiger partial charge is 0.341 e. The van der Waals surface area contributed by atoms with Crippen molar-refractivity contribution in [2.24, 2.45) is 5.92 Å². The van der Waals surface area contributed by atoms with E-state index in [4.69, 9.17) is 14.6 Å². The fourth-order valence-electron chi connectivity index (χ4n) is 4.10. The standard InChI is InChI=1S/C20H21NO7S/c22-15-9-17-19(13-7-4-8-16(20(13)28-17)27-11-18(23)24)14(15)10-21-29(25,26)12-5-2-1-3-6-12/h1-8,14-15,17,19,21-22H,9-11H2,(H,23,24). The van der Waals surface area contributed by atoms with E-state index in [0.717, 1.165) is 5.56 Å². The van der Waals surface area contributed by atoms with Gasteiger partial charge in [-0.05, 0) is 18.2 Å². The van der Waals surface area contributed by atoms with Crippen LogP contribution in [0.2, 0.25) is 0 Å². The van der Waals surface area contributed by atoms with Crippen molar-refractivity contribution in [3.8, 4) is 11.5 Å². The van der Waals surface area contributed by atoms with Crippen LogP contribution in [0, 0.1) is 5.92 Å². The fraction of sp³-hybridized carbons (Fsp3) is 0.350. The second-order valence-electron chi connectivity index (χ2n) is 7.17. The van der Waals surface area contributed by atoms with Crippen LogP contribution in [-0.2, 0) is 14.8 Å².